The Morgan fingerprint density at radius 2 is 1.93 bits per heavy atom. The molecule has 0 N–H and O–H groups in total. The number of hydrogen-bond donors (Lipinski definition) is 0. The average molecular weight is 403 g/mol. The molecule has 4 aromatic rings. The third-order valence-corrected chi connectivity index (χ3v) is 5.46. The lowest BCUT2D eigenvalue weighted by atomic mass is 10.1. The van der Waals surface area contributed by atoms with Gasteiger partial charge < -0.3 is 4.74 Å². The van der Waals surface area contributed by atoms with Crippen LogP contribution in [0.3, 0.4) is 0 Å². The maximum Gasteiger partial charge on any atom is 0.206 e. The van der Waals surface area contributed by atoms with Crippen molar-refractivity contribution in [3.05, 3.63) is 76.7 Å². The van der Waals surface area contributed by atoms with E-state index in [2.05, 4.69) is 39.6 Å². The van der Waals surface area contributed by atoms with E-state index in [9.17, 15) is 0 Å². The molecular weight excluding hydrogens is 380 g/mol. The lowest BCUT2D eigenvalue weighted by Gasteiger charge is -2.08. The summed E-state index contributed by atoms with van der Waals surface area (Å²) in [5.41, 5.74) is 3.79. The fourth-order valence-electron chi connectivity index (χ4n) is 3.13. The van der Waals surface area contributed by atoms with Crippen molar-refractivity contribution < 1.29 is 4.74 Å². The number of rotatable bonds is 5. The smallest absolute Gasteiger partial charge is 0.206 e. The molecule has 29 heavy (non-hydrogen) atoms. The van der Waals surface area contributed by atoms with Gasteiger partial charge in [0.1, 0.15) is 5.75 Å². The van der Waals surface area contributed by atoms with E-state index in [1.807, 2.05) is 48.9 Å². The maximum atomic E-state index is 5.33. The van der Waals surface area contributed by atoms with Crippen molar-refractivity contribution in [2.45, 2.75) is 13.8 Å². The molecule has 0 bridgehead atoms. The molecular formula is C23H22N4OS. The van der Waals surface area contributed by atoms with E-state index in [-0.39, 0.29) is 0 Å². The van der Waals surface area contributed by atoms with Crippen molar-refractivity contribution in [3.63, 3.8) is 0 Å². The van der Waals surface area contributed by atoms with Crippen molar-refractivity contribution in [2.24, 2.45) is 10.1 Å². The minimum Gasteiger partial charge on any atom is -0.497 e. The van der Waals surface area contributed by atoms with Crippen LogP contribution in [0.15, 0.2) is 76.3 Å². The number of benzene rings is 2. The van der Waals surface area contributed by atoms with Crippen LogP contribution in [0.5, 0.6) is 5.75 Å². The number of nitrogens with zero attached hydrogens (tertiary/aromatic N) is 4. The molecule has 0 spiro atoms. The average Bonchev–Trinajstić information content (AvgIpc) is 3.16. The summed E-state index contributed by atoms with van der Waals surface area (Å²) >= 11 is 1.59. The van der Waals surface area contributed by atoms with E-state index in [4.69, 9.17) is 9.84 Å². The molecule has 0 saturated carbocycles. The highest BCUT2D eigenvalue weighted by Gasteiger charge is 2.10. The second-order valence-corrected chi connectivity index (χ2v) is 7.35. The predicted octanol–water partition coefficient (Wildman–Crippen LogP) is 4.97. The quantitative estimate of drug-likeness (QED) is 0.443. The largest absolute Gasteiger partial charge is 0.497 e. The molecule has 5 nitrogen and oxygen atoms in total. The van der Waals surface area contributed by atoms with E-state index in [1.165, 1.54) is 0 Å². The Hall–Kier alpha value is -3.25. The molecule has 2 heterocycles. The highest BCUT2D eigenvalue weighted by molar-refractivity contribution is 7.07. The molecule has 0 unspecified atom stereocenters. The Morgan fingerprint density at radius 1 is 1.10 bits per heavy atom. The topological polar surface area (TPSA) is 51.8 Å². The van der Waals surface area contributed by atoms with Gasteiger partial charge in [0.25, 0.3) is 0 Å². The number of aromatic nitrogens is 2. The number of fused-ring (bicyclic) bond motifs is 1. The summed E-state index contributed by atoms with van der Waals surface area (Å²) in [6.07, 6.45) is 1.78. The van der Waals surface area contributed by atoms with E-state index < -0.39 is 0 Å². The van der Waals surface area contributed by atoms with Gasteiger partial charge in [0.05, 0.1) is 24.2 Å². The summed E-state index contributed by atoms with van der Waals surface area (Å²) in [6, 6.07) is 18.3. The van der Waals surface area contributed by atoms with Crippen LogP contribution in [-0.2, 0) is 0 Å². The Balaban J connectivity index is 1.84. The van der Waals surface area contributed by atoms with Gasteiger partial charge in [0.15, 0.2) is 0 Å². The minimum atomic E-state index is 0.704. The normalized spacial score (nSPS) is 12.5. The second kappa shape index (κ2) is 8.41. The van der Waals surface area contributed by atoms with Gasteiger partial charge in [-0.3, -0.25) is 9.98 Å². The molecule has 0 aliphatic rings. The zero-order chi connectivity index (χ0) is 20.2. The van der Waals surface area contributed by atoms with E-state index >= 15 is 0 Å². The van der Waals surface area contributed by atoms with Crippen LogP contribution in [0.1, 0.15) is 19.5 Å². The Labute approximate surface area is 173 Å². The molecule has 6 heteroatoms. The molecule has 2 aromatic heterocycles. The molecule has 4 rings (SSSR count). The first-order chi connectivity index (χ1) is 14.2. The van der Waals surface area contributed by atoms with Gasteiger partial charge in [-0.15, -0.1) is 11.3 Å². The summed E-state index contributed by atoms with van der Waals surface area (Å²) in [4.78, 5) is 9.90. The van der Waals surface area contributed by atoms with Crippen LogP contribution in [0, 0.1) is 0 Å². The van der Waals surface area contributed by atoms with E-state index in [0.29, 0.717) is 6.54 Å². The second-order valence-electron chi connectivity index (χ2n) is 6.52. The lowest BCUT2D eigenvalue weighted by Crippen LogP contribution is -2.14. The van der Waals surface area contributed by atoms with Gasteiger partial charge in [-0.25, -0.2) is 4.68 Å². The van der Waals surface area contributed by atoms with Crippen LogP contribution in [-0.4, -0.2) is 29.0 Å². The third kappa shape index (κ3) is 3.98. The molecule has 0 atom stereocenters. The summed E-state index contributed by atoms with van der Waals surface area (Å²) in [7, 11) is 1.69. The zero-order valence-electron chi connectivity index (χ0n) is 16.7. The van der Waals surface area contributed by atoms with Crippen LogP contribution in [0.4, 0.5) is 0 Å². The van der Waals surface area contributed by atoms with E-state index in [1.54, 1.807) is 24.6 Å². The SMILES string of the molecule is CCN=c1scc(-c2ccc3cc(OC)ccc3c2)n1N=C(C)c1ccccn1. The van der Waals surface area contributed by atoms with Gasteiger partial charge in [-0.05, 0) is 55.0 Å². The summed E-state index contributed by atoms with van der Waals surface area (Å²) in [6.45, 7) is 4.71. The van der Waals surface area contributed by atoms with Gasteiger partial charge in [-0.2, -0.15) is 5.10 Å². The molecule has 0 aliphatic carbocycles. The van der Waals surface area contributed by atoms with E-state index in [0.717, 1.165) is 44.0 Å². The van der Waals surface area contributed by atoms with Crippen molar-refractivity contribution in [1.82, 2.24) is 9.66 Å². The lowest BCUT2D eigenvalue weighted by molar-refractivity contribution is 0.415. The molecule has 0 saturated heterocycles. The van der Waals surface area contributed by atoms with Crippen LogP contribution in [0.25, 0.3) is 22.0 Å². The van der Waals surface area contributed by atoms with Gasteiger partial charge >= 0.3 is 0 Å². The monoisotopic (exact) mass is 402 g/mol. The third-order valence-electron chi connectivity index (χ3n) is 4.61. The highest BCUT2D eigenvalue weighted by atomic mass is 32.1. The fraction of sp³-hybridized carbons (Fsp3) is 0.174. The van der Waals surface area contributed by atoms with Crippen LogP contribution >= 0.6 is 11.3 Å². The highest BCUT2D eigenvalue weighted by Crippen LogP contribution is 2.27. The Bertz CT molecular complexity index is 1240. The van der Waals surface area contributed by atoms with Gasteiger partial charge in [-0.1, -0.05) is 24.3 Å². The van der Waals surface area contributed by atoms with Crippen molar-refractivity contribution in [1.29, 1.82) is 0 Å². The Kier molecular flexibility index (Phi) is 5.53. The van der Waals surface area contributed by atoms with Gasteiger partial charge in [0.2, 0.25) is 4.80 Å². The number of methoxy groups -OCH3 is 1. The fourth-order valence-corrected chi connectivity index (χ4v) is 4.02. The summed E-state index contributed by atoms with van der Waals surface area (Å²) in [5, 5.41) is 9.26. The standard InChI is InChI=1S/C23H22N4OS/c1-4-24-23-27(26-16(2)21-7-5-6-12-25-21)22(15-29-23)19-9-8-18-14-20(28-3)11-10-17(18)13-19/h5-15H,4H2,1-3H3. The molecule has 0 radical (unpaired) electrons. The number of ether oxygens (including phenoxy) is 1. The van der Waals surface area contributed by atoms with Crippen molar-refractivity contribution in [2.75, 3.05) is 13.7 Å². The van der Waals surface area contributed by atoms with Crippen molar-refractivity contribution >= 4 is 27.8 Å². The minimum absolute atomic E-state index is 0.704. The molecule has 0 amide bonds. The first-order valence-corrected chi connectivity index (χ1v) is 10.3. The van der Waals surface area contributed by atoms with Crippen LogP contribution < -0.4 is 9.54 Å². The molecule has 0 aliphatic heterocycles. The van der Waals surface area contributed by atoms with Crippen molar-refractivity contribution in [3.8, 4) is 17.0 Å². The van der Waals surface area contributed by atoms with Crippen LogP contribution in [0.2, 0.25) is 0 Å². The summed E-state index contributed by atoms with van der Waals surface area (Å²) in [5.74, 6) is 0.857. The molecule has 0 fully saturated rings. The maximum absolute atomic E-state index is 5.33. The Morgan fingerprint density at radius 3 is 2.69 bits per heavy atom. The summed E-state index contributed by atoms with van der Waals surface area (Å²) < 4.78 is 7.25. The first-order valence-electron chi connectivity index (χ1n) is 9.46. The predicted molar refractivity (Wildman–Crippen MR) is 120 cm³/mol. The first kappa shape index (κ1) is 19.1. The molecule has 146 valence electrons. The zero-order valence-corrected chi connectivity index (χ0v) is 17.5. The number of hydrogen-bond acceptors (Lipinski definition) is 5. The number of pyridine rings is 1. The molecule has 2 aromatic carbocycles. The van der Waals surface area contributed by atoms with Gasteiger partial charge in [0, 0.05) is 23.7 Å². The number of thiazole rings is 1.